The molecule has 2 fully saturated rings. The molecule has 6 heteroatoms. The molecule has 5 rings (SSSR count). The van der Waals surface area contributed by atoms with E-state index in [2.05, 4.69) is 44.8 Å². The van der Waals surface area contributed by atoms with Crippen molar-refractivity contribution in [2.24, 2.45) is 0 Å². The van der Waals surface area contributed by atoms with Gasteiger partial charge in [-0.1, -0.05) is 12.1 Å². The van der Waals surface area contributed by atoms with Crippen molar-refractivity contribution in [2.75, 3.05) is 25.5 Å². The second kappa shape index (κ2) is 7.97. The number of ether oxygens (including phenoxy) is 1. The molecular weight excluding hydrogens is 362 g/mol. The predicted octanol–water partition coefficient (Wildman–Crippen LogP) is 4.04. The van der Waals surface area contributed by atoms with E-state index in [1.165, 1.54) is 29.5 Å². The van der Waals surface area contributed by atoms with Gasteiger partial charge in [-0.25, -0.2) is 4.98 Å². The largest absolute Gasteiger partial charge is 0.383 e. The molecule has 0 saturated carbocycles. The number of benzene rings is 1. The van der Waals surface area contributed by atoms with Gasteiger partial charge in [0.25, 0.3) is 0 Å². The molecule has 0 radical (unpaired) electrons. The number of hydrogen-bond acceptors (Lipinski definition) is 5. The summed E-state index contributed by atoms with van der Waals surface area (Å²) in [6, 6.07) is 9.47. The summed E-state index contributed by atoms with van der Waals surface area (Å²) < 4.78 is 5.60. The Morgan fingerprint density at radius 1 is 0.966 bits per heavy atom. The van der Waals surface area contributed by atoms with Crippen LogP contribution in [0.3, 0.4) is 0 Å². The number of anilines is 1. The number of hydrogen-bond donors (Lipinski definition) is 3. The van der Waals surface area contributed by atoms with Crippen molar-refractivity contribution in [3.8, 4) is 22.3 Å². The molecule has 2 saturated heterocycles. The first-order valence-corrected chi connectivity index (χ1v) is 10.5. The maximum absolute atomic E-state index is 6.14. The van der Waals surface area contributed by atoms with Gasteiger partial charge < -0.3 is 15.8 Å². The van der Waals surface area contributed by atoms with Gasteiger partial charge in [0.15, 0.2) is 0 Å². The Kier molecular flexibility index (Phi) is 5.04. The van der Waals surface area contributed by atoms with E-state index in [0.717, 1.165) is 49.3 Å². The van der Waals surface area contributed by atoms with Crippen LogP contribution in [-0.4, -0.2) is 34.9 Å². The molecule has 1 aromatic carbocycles. The van der Waals surface area contributed by atoms with Crippen LogP contribution in [0.2, 0.25) is 0 Å². The molecule has 3 aromatic rings. The highest BCUT2D eigenvalue weighted by atomic mass is 16.5. The van der Waals surface area contributed by atoms with E-state index in [-0.39, 0.29) is 0 Å². The Balaban J connectivity index is 1.55. The maximum Gasteiger partial charge on any atom is 0.131 e. The van der Waals surface area contributed by atoms with Crippen molar-refractivity contribution in [2.45, 2.75) is 37.6 Å². The van der Waals surface area contributed by atoms with Crippen LogP contribution in [0.25, 0.3) is 22.3 Å². The van der Waals surface area contributed by atoms with Crippen LogP contribution in [0, 0.1) is 0 Å². The zero-order chi connectivity index (χ0) is 19.6. The van der Waals surface area contributed by atoms with E-state index >= 15 is 0 Å². The summed E-state index contributed by atoms with van der Waals surface area (Å²) in [6.07, 6.45) is 10.1. The second-order valence-electron chi connectivity index (χ2n) is 8.02. The molecule has 29 heavy (non-hydrogen) atoms. The van der Waals surface area contributed by atoms with Crippen molar-refractivity contribution < 1.29 is 4.74 Å². The fourth-order valence-electron chi connectivity index (χ4n) is 4.65. The van der Waals surface area contributed by atoms with Crippen molar-refractivity contribution in [1.29, 1.82) is 0 Å². The summed E-state index contributed by atoms with van der Waals surface area (Å²) in [5.41, 5.74) is 13.2. The molecule has 2 aliphatic rings. The molecule has 1 unspecified atom stereocenters. The minimum Gasteiger partial charge on any atom is -0.383 e. The lowest BCUT2D eigenvalue weighted by Crippen LogP contribution is -2.19. The molecule has 150 valence electrons. The number of nitrogens with zero attached hydrogens (tertiary/aromatic N) is 2. The van der Waals surface area contributed by atoms with Crippen LogP contribution in [0.4, 0.5) is 5.82 Å². The van der Waals surface area contributed by atoms with Crippen molar-refractivity contribution >= 4 is 5.82 Å². The molecule has 4 heterocycles. The van der Waals surface area contributed by atoms with E-state index < -0.39 is 0 Å². The van der Waals surface area contributed by atoms with Gasteiger partial charge in [-0.15, -0.1) is 0 Å². The molecular formula is C23H27N5O. The summed E-state index contributed by atoms with van der Waals surface area (Å²) in [7, 11) is 0. The topological polar surface area (TPSA) is 88.8 Å². The number of nitrogen functional groups attached to an aromatic ring is 1. The molecule has 6 nitrogen and oxygen atoms in total. The third kappa shape index (κ3) is 3.66. The molecule has 1 atom stereocenters. The Hall–Kier alpha value is -2.70. The third-order valence-corrected chi connectivity index (χ3v) is 6.24. The minimum absolute atomic E-state index is 0.433. The van der Waals surface area contributed by atoms with Crippen LogP contribution >= 0.6 is 0 Å². The first-order chi connectivity index (χ1) is 14.3. The fourth-order valence-corrected chi connectivity index (χ4v) is 4.65. The summed E-state index contributed by atoms with van der Waals surface area (Å²) in [6.45, 7) is 2.82. The van der Waals surface area contributed by atoms with Crippen molar-refractivity contribution in [3.05, 3.63) is 54.0 Å². The van der Waals surface area contributed by atoms with Gasteiger partial charge >= 0.3 is 0 Å². The van der Waals surface area contributed by atoms with E-state index in [1.807, 2.05) is 12.4 Å². The smallest absolute Gasteiger partial charge is 0.131 e. The van der Waals surface area contributed by atoms with Gasteiger partial charge in [-0.05, 0) is 67.0 Å². The number of H-pyrrole nitrogens is 1. The number of aromatic nitrogens is 3. The quantitative estimate of drug-likeness (QED) is 0.627. The van der Waals surface area contributed by atoms with Gasteiger partial charge in [0.05, 0.1) is 6.20 Å². The van der Waals surface area contributed by atoms with E-state index in [1.54, 1.807) is 6.20 Å². The summed E-state index contributed by atoms with van der Waals surface area (Å²) in [5, 5.41) is 10.6. The lowest BCUT2D eigenvalue weighted by molar-refractivity contribution is 0.0851. The molecule has 0 spiro atoms. The van der Waals surface area contributed by atoms with Crippen LogP contribution < -0.4 is 11.1 Å². The second-order valence-corrected chi connectivity index (χ2v) is 8.02. The fraction of sp³-hybridized carbons (Fsp3) is 0.391. The van der Waals surface area contributed by atoms with Gasteiger partial charge in [0.2, 0.25) is 0 Å². The van der Waals surface area contributed by atoms with Crippen LogP contribution in [0.5, 0.6) is 0 Å². The number of aromatic amines is 1. The third-order valence-electron chi connectivity index (χ3n) is 6.24. The average molecular weight is 390 g/mol. The monoisotopic (exact) mass is 389 g/mol. The number of nitrogens with one attached hydrogen (secondary N) is 2. The SMILES string of the molecule is Nc1ncc(-c2ccc(C3CCOCC3)c(C3CCCN3)c2)cc1-c1cn[nH]c1. The van der Waals surface area contributed by atoms with Gasteiger partial charge in [-0.3, -0.25) is 5.10 Å². The van der Waals surface area contributed by atoms with Crippen LogP contribution in [0.15, 0.2) is 42.9 Å². The average Bonchev–Trinajstić information content (AvgIpc) is 3.49. The minimum atomic E-state index is 0.433. The van der Waals surface area contributed by atoms with E-state index in [0.29, 0.717) is 17.8 Å². The van der Waals surface area contributed by atoms with Gasteiger partial charge in [0, 0.05) is 48.3 Å². The number of pyridine rings is 1. The molecule has 0 aliphatic carbocycles. The lowest BCUT2D eigenvalue weighted by atomic mass is 9.84. The predicted molar refractivity (Wildman–Crippen MR) is 114 cm³/mol. The highest BCUT2D eigenvalue weighted by Gasteiger charge is 2.25. The van der Waals surface area contributed by atoms with Gasteiger partial charge in [-0.2, -0.15) is 5.10 Å². The van der Waals surface area contributed by atoms with E-state index in [4.69, 9.17) is 10.5 Å². The zero-order valence-corrected chi connectivity index (χ0v) is 16.5. The summed E-state index contributed by atoms with van der Waals surface area (Å²) in [4.78, 5) is 4.45. The Morgan fingerprint density at radius 2 is 1.86 bits per heavy atom. The first-order valence-electron chi connectivity index (χ1n) is 10.5. The first kappa shape index (κ1) is 18.3. The summed E-state index contributed by atoms with van der Waals surface area (Å²) in [5.74, 6) is 1.10. The van der Waals surface area contributed by atoms with Gasteiger partial charge in [0.1, 0.15) is 5.82 Å². The van der Waals surface area contributed by atoms with Crippen molar-refractivity contribution in [3.63, 3.8) is 0 Å². The molecule has 2 aliphatic heterocycles. The molecule has 4 N–H and O–H groups in total. The zero-order valence-electron chi connectivity index (χ0n) is 16.5. The maximum atomic E-state index is 6.14. The highest BCUT2D eigenvalue weighted by Crippen LogP contribution is 2.38. The standard InChI is InChI=1S/C23H27N5O/c24-23-20(18-13-27-28-14-18)11-17(12-26-23)16-3-4-19(15-5-8-29-9-6-15)21(10-16)22-2-1-7-25-22/h3-4,10-15,22,25H,1-2,5-9H2,(H2,24,26)(H,27,28). The molecule has 0 amide bonds. The van der Waals surface area contributed by atoms with Crippen molar-refractivity contribution in [1.82, 2.24) is 20.5 Å². The highest BCUT2D eigenvalue weighted by molar-refractivity contribution is 5.78. The number of rotatable bonds is 4. The summed E-state index contributed by atoms with van der Waals surface area (Å²) >= 11 is 0. The lowest BCUT2D eigenvalue weighted by Gasteiger charge is -2.27. The Morgan fingerprint density at radius 3 is 2.62 bits per heavy atom. The van der Waals surface area contributed by atoms with E-state index in [9.17, 15) is 0 Å². The molecule has 2 aromatic heterocycles. The normalized spacial score (nSPS) is 20.2. The van der Waals surface area contributed by atoms with Crippen LogP contribution in [0.1, 0.15) is 48.8 Å². The number of nitrogens with two attached hydrogens (primary N) is 1. The Labute approximate surface area is 170 Å². The Bertz CT molecular complexity index is 973. The van der Waals surface area contributed by atoms with Crippen LogP contribution in [-0.2, 0) is 4.74 Å². The molecule has 0 bridgehead atoms.